The smallest absolute Gasteiger partial charge is 0.317 e. The van der Waals surface area contributed by atoms with Crippen LogP contribution in [-0.4, -0.2) is 42.6 Å². The van der Waals surface area contributed by atoms with Crippen LogP contribution >= 0.6 is 0 Å². The van der Waals surface area contributed by atoms with E-state index in [1.807, 2.05) is 26.0 Å². The number of hydrogen-bond donors (Lipinski definition) is 1. The summed E-state index contributed by atoms with van der Waals surface area (Å²) in [5, 5.41) is 2.64. The van der Waals surface area contributed by atoms with Crippen LogP contribution in [0.25, 0.3) is 11.1 Å². The van der Waals surface area contributed by atoms with Gasteiger partial charge in [-0.15, -0.1) is 0 Å². The average molecular weight is 437 g/mol. The van der Waals surface area contributed by atoms with Gasteiger partial charge in [0.1, 0.15) is 23.3 Å². The van der Waals surface area contributed by atoms with Crippen LogP contribution in [0.4, 0.5) is 9.18 Å². The van der Waals surface area contributed by atoms with E-state index in [2.05, 4.69) is 5.32 Å². The number of likely N-dealkylation sites (tertiary alicyclic amines) is 1. The SMILES string of the molecule is CNC(=O)N1CCC2(CC1)CC(=O)C(c1c(C)cc(-c3ccc(F)cc3)cc1C)C(=O)C2. The van der Waals surface area contributed by atoms with Gasteiger partial charge in [0.15, 0.2) is 0 Å². The quantitative estimate of drug-likeness (QED) is 0.703. The predicted molar refractivity (Wildman–Crippen MR) is 121 cm³/mol. The van der Waals surface area contributed by atoms with Crippen LogP contribution in [0.15, 0.2) is 36.4 Å². The summed E-state index contributed by atoms with van der Waals surface area (Å²) in [6, 6.07) is 10.2. The normalized spacial score (nSPS) is 18.8. The first-order valence-corrected chi connectivity index (χ1v) is 11.1. The molecule has 32 heavy (non-hydrogen) atoms. The first-order valence-electron chi connectivity index (χ1n) is 11.1. The maximum atomic E-state index is 13.3. The van der Waals surface area contributed by atoms with E-state index in [0.29, 0.717) is 38.8 Å². The number of rotatable bonds is 2. The zero-order chi connectivity index (χ0) is 23.0. The minimum Gasteiger partial charge on any atom is -0.341 e. The number of benzene rings is 2. The Bertz CT molecular complexity index is 1030. The van der Waals surface area contributed by atoms with Gasteiger partial charge in [-0.2, -0.15) is 0 Å². The highest BCUT2D eigenvalue weighted by Crippen LogP contribution is 2.47. The second-order valence-electron chi connectivity index (χ2n) is 9.29. The molecule has 1 aliphatic carbocycles. The fourth-order valence-corrected chi connectivity index (χ4v) is 5.44. The summed E-state index contributed by atoms with van der Waals surface area (Å²) in [6.45, 7) is 4.99. The second kappa shape index (κ2) is 8.49. The monoisotopic (exact) mass is 436 g/mol. The molecule has 2 fully saturated rings. The molecule has 1 N–H and O–H groups in total. The van der Waals surface area contributed by atoms with Gasteiger partial charge in [-0.05, 0) is 72.1 Å². The molecule has 2 aromatic carbocycles. The maximum absolute atomic E-state index is 13.3. The molecule has 1 spiro atoms. The van der Waals surface area contributed by atoms with Crippen molar-refractivity contribution in [2.24, 2.45) is 5.41 Å². The lowest BCUT2D eigenvalue weighted by molar-refractivity contribution is -0.138. The molecular weight excluding hydrogens is 407 g/mol. The van der Waals surface area contributed by atoms with Crippen molar-refractivity contribution in [3.8, 4) is 11.1 Å². The number of Topliss-reactive ketones (excluding diaryl/α,β-unsaturated/α-hetero) is 2. The van der Waals surface area contributed by atoms with Crippen molar-refractivity contribution in [1.29, 1.82) is 0 Å². The number of piperidine rings is 1. The summed E-state index contributed by atoms with van der Waals surface area (Å²) in [4.78, 5) is 40.2. The van der Waals surface area contributed by atoms with Crippen molar-refractivity contribution < 1.29 is 18.8 Å². The lowest BCUT2D eigenvalue weighted by Crippen LogP contribution is -2.50. The third-order valence-electron chi connectivity index (χ3n) is 7.13. The number of ketones is 2. The fraction of sp³-hybridized carbons (Fsp3) is 0.423. The number of aryl methyl sites for hydroxylation is 2. The van der Waals surface area contributed by atoms with Crippen LogP contribution in [0.3, 0.4) is 0 Å². The minimum absolute atomic E-state index is 0.0182. The van der Waals surface area contributed by atoms with Gasteiger partial charge >= 0.3 is 6.03 Å². The molecule has 6 heteroatoms. The summed E-state index contributed by atoms with van der Waals surface area (Å²) in [7, 11) is 1.61. The van der Waals surface area contributed by atoms with Crippen LogP contribution in [0, 0.1) is 25.1 Å². The fourth-order valence-electron chi connectivity index (χ4n) is 5.44. The van der Waals surface area contributed by atoms with E-state index >= 15 is 0 Å². The van der Waals surface area contributed by atoms with Crippen molar-refractivity contribution in [2.45, 2.75) is 45.4 Å². The summed E-state index contributed by atoms with van der Waals surface area (Å²) in [5.74, 6) is -1.04. The van der Waals surface area contributed by atoms with Crippen LogP contribution in [0.2, 0.25) is 0 Å². The van der Waals surface area contributed by atoms with Gasteiger partial charge in [-0.3, -0.25) is 9.59 Å². The highest BCUT2D eigenvalue weighted by Gasteiger charge is 2.47. The number of carbonyl (C=O) groups is 3. The molecule has 0 unspecified atom stereocenters. The Morgan fingerprint density at radius 1 is 0.969 bits per heavy atom. The van der Waals surface area contributed by atoms with Gasteiger partial charge in [0, 0.05) is 33.0 Å². The molecule has 1 saturated heterocycles. The largest absolute Gasteiger partial charge is 0.341 e. The Hall–Kier alpha value is -3.02. The van der Waals surface area contributed by atoms with Crippen molar-refractivity contribution in [1.82, 2.24) is 10.2 Å². The molecule has 168 valence electrons. The Labute approximate surface area is 188 Å². The summed E-state index contributed by atoms with van der Waals surface area (Å²) >= 11 is 0. The standard InChI is InChI=1S/C26H29FN2O3/c1-16-12-19(18-4-6-20(27)7-5-18)13-17(2)23(16)24-21(30)14-26(15-22(24)31)8-10-29(11-9-26)25(32)28-3/h4-7,12-13,24H,8-11,14-15H2,1-3H3,(H,28,32). The van der Waals surface area contributed by atoms with Gasteiger partial charge in [0.05, 0.1) is 0 Å². The Kier molecular flexibility index (Phi) is 5.89. The number of urea groups is 1. The molecule has 1 heterocycles. The van der Waals surface area contributed by atoms with E-state index in [1.54, 1.807) is 24.1 Å². The molecule has 0 bridgehead atoms. The maximum Gasteiger partial charge on any atom is 0.317 e. The molecule has 2 aromatic rings. The van der Waals surface area contributed by atoms with E-state index in [9.17, 15) is 18.8 Å². The first-order chi connectivity index (χ1) is 15.2. The molecule has 1 saturated carbocycles. The molecule has 0 atom stereocenters. The van der Waals surface area contributed by atoms with Crippen LogP contribution in [0.1, 0.15) is 48.3 Å². The van der Waals surface area contributed by atoms with E-state index in [-0.39, 0.29) is 28.8 Å². The first kappa shape index (κ1) is 22.2. The van der Waals surface area contributed by atoms with Crippen molar-refractivity contribution in [3.05, 3.63) is 58.9 Å². The average Bonchev–Trinajstić information content (AvgIpc) is 2.75. The third-order valence-corrected chi connectivity index (χ3v) is 7.13. The number of carbonyl (C=O) groups excluding carboxylic acids is 3. The third kappa shape index (κ3) is 4.06. The van der Waals surface area contributed by atoms with Crippen LogP contribution in [0.5, 0.6) is 0 Å². The molecule has 2 aliphatic rings. The summed E-state index contributed by atoms with van der Waals surface area (Å²) in [5.41, 5.74) is 4.13. The topological polar surface area (TPSA) is 66.5 Å². The van der Waals surface area contributed by atoms with E-state index < -0.39 is 5.92 Å². The number of halogens is 1. The number of hydrogen-bond acceptors (Lipinski definition) is 3. The van der Waals surface area contributed by atoms with Crippen molar-refractivity contribution in [2.75, 3.05) is 20.1 Å². The van der Waals surface area contributed by atoms with Crippen LogP contribution < -0.4 is 5.32 Å². The molecule has 4 rings (SSSR count). The van der Waals surface area contributed by atoms with Gasteiger partial charge in [0.2, 0.25) is 0 Å². The van der Waals surface area contributed by atoms with Gasteiger partial charge in [-0.1, -0.05) is 24.3 Å². The zero-order valence-electron chi connectivity index (χ0n) is 18.8. The molecule has 0 aromatic heterocycles. The van der Waals surface area contributed by atoms with Crippen LogP contribution in [-0.2, 0) is 9.59 Å². The number of nitrogens with zero attached hydrogens (tertiary/aromatic N) is 1. The number of nitrogens with one attached hydrogen (secondary N) is 1. The minimum atomic E-state index is -0.722. The zero-order valence-corrected chi connectivity index (χ0v) is 18.8. The van der Waals surface area contributed by atoms with E-state index in [0.717, 1.165) is 27.8 Å². The van der Waals surface area contributed by atoms with Gasteiger partial charge in [-0.25, -0.2) is 9.18 Å². The predicted octanol–water partition coefficient (Wildman–Crippen LogP) is 4.55. The van der Waals surface area contributed by atoms with E-state index in [4.69, 9.17) is 0 Å². The van der Waals surface area contributed by atoms with Gasteiger partial charge in [0.25, 0.3) is 0 Å². The highest BCUT2D eigenvalue weighted by molar-refractivity contribution is 6.10. The molecule has 1 aliphatic heterocycles. The second-order valence-corrected chi connectivity index (χ2v) is 9.29. The lowest BCUT2D eigenvalue weighted by Gasteiger charge is -2.44. The van der Waals surface area contributed by atoms with Crippen molar-refractivity contribution >= 4 is 17.6 Å². The molecular formula is C26H29FN2O3. The Morgan fingerprint density at radius 2 is 1.50 bits per heavy atom. The molecule has 2 amide bonds. The molecule has 0 radical (unpaired) electrons. The lowest BCUT2D eigenvalue weighted by atomic mass is 9.62. The number of amides is 2. The van der Waals surface area contributed by atoms with Crippen molar-refractivity contribution in [3.63, 3.8) is 0 Å². The van der Waals surface area contributed by atoms with Gasteiger partial charge < -0.3 is 10.2 Å². The van der Waals surface area contributed by atoms with E-state index in [1.165, 1.54) is 12.1 Å². The highest BCUT2D eigenvalue weighted by atomic mass is 19.1. The Morgan fingerprint density at radius 3 is 2.00 bits per heavy atom. The summed E-state index contributed by atoms with van der Waals surface area (Å²) in [6.07, 6.45) is 2.10. The Balaban J connectivity index is 1.56. The molecule has 5 nitrogen and oxygen atoms in total. The summed E-state index contributed by atoms with van der Waals surface area (Å²) < 4.78 is 13.3.